The Morgan fingerprint density at radius 2 is 1.62 bits per heavy atom. The van der Waals surface area contributed by atoms with Crippen LogP contribution in [0.2, 0.25) is 0 Å². The van der Waals surface area contributed by atoms with Gasteiger partial charge in [-0.3, -0.25) is 4.79 Å². The highest BCUT2D eigenvalue weighted by Crippen LogP contribution is 3.10. The Morgan fingerprint density at radius 1 is 1.15 bits per heavy atom. The molecule has 13 heavy (non-hydrogen) atoms. The largest absolute Gasteiger partial charge is 0.481 e. The van der Waals surface area contributed by atoms with E-state index in [0.29, 0.717) is 23.2 Å². The maximum Gasteiger partial charge on any atom is 0.310 e. The predicted molar refractivity (Wildman–Crippen MR) is 43.7 cm³/mol. The topological polar surface area (TPSA) is 37.3 Å². The van der Waals surface area contributed by atoms with Crippen molar-refractivity contribution in [2.45, 2.75) is 13.3 Å². The highest BCUT2D eigenvalue weighted by atomic mass is 16.4. The summed E-state index contributed by atoms with van der Waals surface area (Å²) >= 11 is 0. The van der Waals surface area contributed by atoms with E-state index in [4.69, 9.17) is 0 Å². The third-order valence-electron chi connectivity index (χ3n) is 6.82. The standard InChI is InChI=1S/C11H12O2/c1-2-10-3-6-4(10)8-5(10)7(3)11(6,8)9(12)13/h3-8H,2H2,1H3,(H,12,13). The molecule has 1 N–H and O–H groups in total. The maximum absolute atomic E-state index is 11.2. The summed E-state index contributed by atoms with van der Waals surface area (Å²) in [6.07, 6.45) is 1.33. The fourth-order valence-electron chi connectivity index (χ4n) is 6.89. The minimum absolute atomic E-state index is 0.142. The highest BCUT2D eigenvalue weighted by molar-refractivity contribution is 5.86. The van der Waals surface area contributed by atoms with E-state index < -0.39 is 5.97 Å². The van der Waals surface area contributed by atoms with Crippen molar-refractivity contribution in [2.75, 3.05) is 0 Å². The number of aliphatic carboxylic acids is 1. The lowest BCUT2D eigenvalue weighted by atomic mass is 8.92. The van der Waals surface area contributed by atoms with Gasteiger partial charge in [0.2, 0.25) is 0 Å². The summed E-state index contributed by atoms with van der Waals surface area (Å²) in [6.45, 7) is 2.30. The summed E-state index contributed by atoms with van der Waals surface area (Å²) in [5.74, 6) is 4.08. The molecule has 0 amide bonds. The van der Waals surface area contributed by atoms with Crippen LogP contribution < -0.4 is 0 Å². The zero-order valence-corrected chi connectivity index (χ0v) is 7.53. The summed E-state index contributed by atoms with van der Waals surface area (Å²) in [5.41, 5.74) is 0.564. The first kappa shape index (κ1) is 6.05. The van der Waals surface area contributed by atoms with Crippen molar-refractivity contribution in [3.63, 3.8) is 0 Å². The first-order valence-electron chi connectivity index (χ1n) is 5.47. The second-order valence-corrected chi connectivity index (χ2v) is 5.86. The van der Waals surface area contributed by atoms with Gasteiger partial charge in [0.1, 0.15) is 0 Å². The third-order valence-corrected chi connectivity index (χ3v) is 6.82. The van der Waals surface area contributed by atoms with Gasteiger partial charge in [-0.2, -0.15) is 0 Å². The summed E-state index contributed by atoms with van der Waals surface area (Å²) in [6, 6.07) is 0. The molecule has 2 heteroatoms. The number of carboxylic acids is 1. The molecule has 2 nitrogen and oxygen atoms in total. The molecule has 6 aliphatic carbocycles. The molecule has 0 aromatic carbocycles. The van der Waals surface area contributed by atoms with Gasteiger partial charge in [0, 0.05) is 0 Å². The van der Waals surface area contributed by atoms with Crippen molar-refractivity contribution in [2.24, 2.45) is 46.3 Å². The van der Waals surface area contributed by atoms with Crippen molar-refractivity contribution in [3.8, 4) is 0 Å². The van der Waals surface area contributed by atoms with Crippen LogP contribution in [0.5, 0.6) is 0 Å². The summed E-state index contributed by atoms with van der Waals surface area (Å²) in [4.78, 5) is 11.2. The minimum atomic E-state index is -0.458. The fourth-order valence-corrected chi connectivity index (χ4v) is 6.89. The fraction of sp³-hybridized carbons (Fsp3) is 0.909. The third kappa shape index (κ3) is 0.219. The van der Waals surface area contributed by atoms with Crippen LogP contribution in [0.15, 0.2) is 0 Å². The maximum atomic E-state index is 11.2. The van der Waals surface area contributed by atoms with Gasteiger partial charge in [-0.25, -0.2) is 0 Å². The number of hydrogen-bond acceptors (Lipinski definition) is 1. The molecule has 6 rings (SSSR count). The molecule has 0 aromatic heterocycles. The molecule has 0 spiro atoms. The number of carboxylic acid groups (broad SMARTS) is 1. The number of hydrogen-bond donors (Lipinski definition) is 1. The van der Waals surface area contributed by atoms with E-state index in [1.807, 2.05) is 0 Å². The molecular formula is C11H12O2. The van der Waals surface area contributed by atoms with Gasteiger partial charge in [-0.05, 0) is 47.3 Å². The Labute approximate surface area is 76.3 Å². The quantitative estimate of drug-likeness (QED) is 0.686. The van der Waals surface area contributed by atoms with Gasteiger partial charge >= 0.3 is 5.97 Å². The van der Waals surface area contributed by atoms with E-state index in [9.17, 15) is 9.90 Å². The molecule has 6 saturated carbocycles. The molecule has 0 atom stereocenters. The monoisotopic (exact) mass is 176 g/mol. The number of carbonyl (C=O) groups is 1. The van der Waals surface area contributed by atoms with Crippen LogP contribution in [0.3, 0.4) is 0 Å². The Balaban J connectivity index is 1.67. The van der Waals surface area contributed by atoms with Crippen LogP contribution in [0.1, 0.15) is 13.3 Å². The Bertz CT molecular complexity index is 330. The normalized spacial score (nSPS) is 82.2. The van der Waals surface area contributed by atoms with E-state index in [1.165, 1.54) is 6.42 Å². The smallest absolute Gasteiger partial charge is 0.310 e. The van der Waals surface area contributed by atoms with Crippen LogP contribution in [0.4, 0.5) is 0 Å². The van der Waals surface area contributed by atoms with Gasteiger partial charge in [0.25, 0.3) is 0 Å². The van der Waals surface area contributed by atoms with Crippen LogP contribution in [0, 0.1) is 46.3 Å². The summed E-state index contributed by atoms with van der Waals surface area (Å²) in [5, 5.41) is 9.22. The zero-order chi connectivity index (χ0) is 8.75. The van der Waals surface area contributed by atoms with Gasteiger partial charge in [0.15, 0.2) is 0 Å². The van der Waals surface area contributed by atoms with Crippen LogP contribution in [-0.4, -0.2) is 11.1 Å². The zero-order valence-electron chi connectivity index (χ0n) is 7.53. The first-order valence-corrected chi connectivity index (χ1v) is 5.47. The van der Waals surface area contributed by atoms with Crippen molar-refractivity contribution < 1.29 is 9.90 Å². The van der Waals surface area contributed by atoms with Crippen molar-refractivity contribution in [1.29, 1.82) is 0 Å². The van der Waals surface area contributed by atoms with Gasteiger partial charge in [-0.15, -0.1) is 0 Å². The van der Waals surface area contributed by atoms with Crippen LogP contribution in [0.25, 0.3) is 0 Å². The lowest BCUT2D eigenvalue weighted by molar-refractivity contribution is -0.644. The predicted octanol–water partition coefficient (Wildman–Crippen LogP) is 1.22. The van der Waals surface area contributed by atoms with E-state index >= 15 is 0 Å². The summed E-state index contributed by atoms with van der Waals surface area (Å²) in [7, 11) is 0. The Morgan fingerprint density at radius 3 is 1.92 bits per heavy atom. The van der Waals surface area contributed by atoms with Crippen molar-refractivity contribution >= 4 is 5.97 Å². The second-order valence-electron chi connectivity index (χ2n) is 5.86. The second kappa shape index (κ2) is 1.12. The number of rotatable bonds is 2. The molecule has 0 heterocycles. The van der Waals surface area contributed by atoms with E-state index in [1.54, 1.807) is 0 Å². The van der Waals surface area contributed by atoms with Gasteiger partial charge < -0.3 is 5.11 Å². The average molecular weight is 176 g/mol. The van der Waals surface area contributed by atoms with Crippen molar-refractivity contribution in [1.82, 2.24) is 0 Å². The average Bonchev–Trinajstić information content (AvgIpc) is 2.16. The van der Waals surface area contributed by atoms with Crippen LogP contribution >= 0.6 is 0 Å². The highest BCUT2D eigenvalue weighted by Gasteiger charge is 3.10. The SMILES string of the molecule is CCC12C3C4C1C1C2C3C41C(=O)O. The molecule has 0 bridgehead atoms. The Hall–Kier alpha value is -0.530. The van der Waals surface area contributed by atoms with E-state index in [0.717, 1.165) is 17.8 Å². The molecule has 0 aliphatic heterocycles. The van der Waals surface area contributed by atoms with E-state index in [-0.39, 0.29) is 5.41 Å². The Kier molecular flexibility index (Phi) is 0.522. The lowest BCUT2D eigenvalue weighted by Crippen LogP contribution is -3.10. The van der Waals surface area contributed by atoms with Crippen molar-refractivity contribution in [3.05, 3.63) is 0 Å². The van der Waals surface area contributed by atoms with Gasteiger partial charge in [0.05, 0.1) is 5.41 Å². The molecular weight excluding hydrogens is 164 g/mol. The molecule has 68 valence electrons. The molecule has 0 aromatic rings. The molecule has 0 unspecified atom stereocenters. The first-order chi connectivity index (χ1) is 6.24. The summed E-state index contributed by atoms with van der Waals surface area (Å²) < 4.78 is 0. The molecule has 0 radical (unpaired) electrons. The molecule has 6 fully saturated rings. The molecule has 0 saturated heterocycles. The lowest BCUT2D eigenvalue weighted by Gasteiger charge is -3.10. The minimum Gasteiger partial charge on any atom is -0.481 e. The molecule has 6 aliphatic rings. The van der Waals surface area contributed by atoms with E-state index in [2.05, 4.69) is 6.92 Å². The van der Waals surface area contributed by atoms with Gasteiger partial charge in [-0.1, -0.05) is 6.92 Å². The van der Waals surface area contributed by atoms with Crippen LogP contribution in [-0.2, 0) is 4.79 Å².